The van der Waals surface area contributed by atoms with Crippen molar-refractivity contribution in [3.63, 3.8) is 0 Å². The summed E-state index contributed by atoms with van der Waals surface area (Å²) in [4.78, 5) is 39.9. The Morgan fingerprint density at radius 2 is 1.47 bits per heavy atom. The van der Waals surface area contributed by atoms with E-state index in [0.717, 1.165) is 11.1 Å². The van der Waals surface area contributed by atoms with Gasteiger partial charge in [0, 0.05) is 6.54 Å². The second kappa shape index (κ2) is 14.1. The standard InChI is InChI=1S/C26H34N2O6/c1-19(2)13-23(25(32)27-14-24(31)34-18-21-11-7-4-8-12-21)28(26(33)22(16-29)17-30)15-20-9-5-3-6-10-20/h3-12,19,22-23,29-30H,13-18H2,1-2H3,(H,27,32). The lowest BCUT2D eigenvalue weighted by atomic mass is 9.98. The van der Waals surface area contributed by atoms with Crippen LogP contribution in [0.25, 0.3) is 0 Å². The topological polar surface area (TPSA) is 116 Å². The van der Waals surface area contributed by atoms with Gasteiger partial charge in [-0.1, -0.05) is 74.5 Å². The molecule has 0 aliphatic heterocycles. The number of aliphatic hydroxyl groups is 2. The van der Waals surface area contributed by atoms with Crippen molar-refractivity contribution >= 4 is 17.8 Å². The molecule has 0 saturated heterocycles. The third kappa shape index (κ3) is 8.61. The monoisotopic (exact) mass is 470 g/mol. The first-order chi connectivity index (χ1) is 16.3. The molecule has 1 atom stereocenters. The summed E-state index contributed by atoms with van der Waals surface area (Å²) in [5.41, 5.74) is 1.63. The number of nitrogens with zero attached hydrogens (tertiary/aromatic N) is 1. The molecular formula is C26H34N2O6. The Morgan fingerprint density at radius 3 is 2.00 bits per heavy atom. The Kier molecular flexibility index (Phi) is 11.2. The van der Waals surface area contributed by atoms with Gasteiger partial charge >= 0.3 is 5.97 Å². The Hall–Kier alpha value is -3.23. The van der Waals surface area contributed by atoms with Crippen molar-refractivity contribution in [3.05, 3.63) is 71.8 Å². The van der Waals surface area contributed by atoms with E-state index >= 15 is 0 Å². The Labute approximate surface area is 200 Å². The molecule has 0 saturated carbocycles. The highest BCUT2D eigenvalue weighted by Crippen LogP contribution is 2.19. The van der Waals surface area contributed by atoms with Crippen molar-refractivity contribution in [2.75, 3.05) is 19.8 Å². The molecule has 0 spiro atoms. The van der Waals surface area contributed by atoms with Gasteiger partial charge in [-0.15, -0.1) is 0 Å². The summed E-state index contributed by atoms with van der Waals surface area (Å²) in [5, 5.41) is 21.7. The van der Waals surface area contributed by atoms with Gasteiger partial charge in [0.1, 0.15) is 19.2 Å². The van der Waals surface area contributed by atoms with Crippen molar-refractivity contribution < 1.29 is 29.3 Å². The maximum Gasteiger partial charge on any atom is 0.325 e. The molecular weight excluding hydrogens is 436 g/mol. The molecule has 8 nitrogen and oxygen atoms in total. The number of rotatable bonds is 13. The van der Waals surface area contributed by atoms with Crippen molar-refractivity contribution in [2.24, 2.45) is 11.8 Å². The van der Waals surface area contributed by atoms with Gasteiger partial charge in [0.2, 0.25) is 11.8 Å². The highest BCUT2D eigenvalue weighted by Gasteiger charge is 2.34. The molecule has 0 bridgehead atoms. The van der Waals surface area contributed by atoms with E-state index in [2.05, 4.69) is 5.32 Å². The van der Waals surface area contributed by atoms with Crippen LogP contribution < -0.4 is 5.32 Å². The third-order valence-electron chi connectivity index (χ3n) is 5.29. The number of aliphatic hydroxyl groups excluding tert-OH is 2. The van der Waals surface area contributed by atoms with E-state index in [1.54, 1.807) is 0 Å². The molecule has 34 heavy (non-hydrogen) atoms. The summed E-state index contributed by atoms with van der Waals surface area (Å²) in [6.45, 7) is 2.66. The first kappa shape index (κ1) is 27.0. The molecule has 8 heteroatoms. The summed E-state index contributed by atoms with van der Waals surface area (Å²) in [6.07, 6.45) is 0.340. The smallest absolute Gasteiger partial charge is 0.325 e. The van der Waals surface area contributed by atoms with E-state index in [1.807, 2.05) is 74.5 Å². The second-order valence-electron chi connectivity index (χ2n) is 8.52. The van der Waals surface area contributed by atoms with Crippen LogP contribution in [-0.4, -0.2) is 58.7 Å². The number of ether oxygens (including phenoxy) is 1. The molecule has 184 valence electrons. The molecule has 2 aromatic rings. The fourth-order valence-corrected chi connectivity index (χ4v) is 3.46. The Morgan fingerprint density at radius 1 is 0.912 bits per heavy atom. The third-order valence-corrected chi connectivity index (χ3v) is 5.29. The van der Waals surface area contributed by atoms with Crippen LogP contribution in [0.5, 0.6) is 0 Å². The number of amides is 2. The van der Waals surface area contributed by atoms with Crippen LogP contribution in [0, 0.1) is 11.8 Å². The minimum Gasteiger partial charge on any atom is -0.460 e. The molecule has 0 aliphatic rings. The molecule has 0 aromatic heterocycles. The first-order valence-corrected chi connectivity index (χ1v) is 11.4. The van der Waals surface area contributed by atoms with Gasteiger partial charge < -0.3 is 25.2 Å². The summed E-state index contributed by atoms with van der Waals surface area (Å²) in [6, 6.07) is 17.5. The van der Waals surface area contributed by atoms with Crippen molar-refractivity contribution in [2.45, 2.75) is 39.5 Å². The highest BCUT2D eigenvalue weighted by atomic mass is 16.5. The van der Waals surface area contributed by atoms with Crippen LogP contribution in [0.2, 0.25) is 0 Å². The largest absolute Gasteiger partial charge is 0.460 e. The van der Waals surface area contributed by atoms with Crippen molar-refractivity contribution in [3.8, 4) is 0 Å². The molecule has 2 aromatic carbocycles. The average molecular weight is 471 g/mol. The molecule has 0 heterocycles. The van der Waals surface area contributed by atoms with Gasteiger partial charge in [0.05, 0.1) is 19.1 Å². The van der Waals surface area contributed by atoms with Crippen molar-refractivity contribution in [1.82, 2.24) is 10.2 Å². The van der Waals surface area contributed by atoms with Gasteiger partial charge in [-0.3, -0.25) is 14.4 Å². The van der Waals surface area contributed by atoms with E-state index in [9.17, 15) is 24.6 Å². The summed E-state index contributed by atoms with van der Waals surface area (Å²) < 4.78 is 5.22. The first-order valence-electron chi connectivity index (χ1n) is 11.4. The molecule has 0 radical (unpaired) electrons. The van der Waals surface area contributed by atoms with Crippen LogP contribution in [0.15, 0.2) is 60.7 Å². The molecule has 0 fully saturated rings. The zero-order valence-corrected chi connectivity index (χ0v) is 19.7. The second-order valence-corrected chi connectivity index (χ2v) is 8.52. The maximum absolute atomic E-state index is 13.2. The summed E-state index contributed by atoms with van der Waals surface area (Å²) in [7, 11) is 0. The van der Waals surface area contributed by atoms with Crippen LogP contribution in [0.4, 0.5) is 0 Å². The fourth-order valence-electron chi connectivity index (χ4n) is 3.46. The molecule has 3 N–H and O–H groups in total. The Balaban J connectivity index is 2.13. The number of esters is 1. The minimum atomic E-state index is -1.04. The van der Waals surface area contributed by atoms with Crippen LogP contribution in [0.3, 0.4) is 0 Å². The SMILES string of the molecule is CC(C)CC(C(=O)NCC(=O)OCc1ccccc1)N(Cc1ccccc1)C(=O)C(CO)CO. The van der Waals surface area contributed by atoms with Crippen LogP contribution in [0.1, 0.15) is 31.4 Å². The maximum atomic E-state index is 13.2. The predicted octanol–water partition coefficient (Wildman–Crippen LogP) is 1.89. The van der Waals surface area contributed by atoms with Gasteiger partial charge in [0.15, 0.2) is 0 Å². The Bertz CT molecular complexity index is 900. The normalized spacial score (nSPS) is 11.8. The van der Waals surface area contributed by atoms with E-state index in [-0.39, 0.29) is 25.6 Å². The van der Waals surface area contributed by atoms with Gasteiger partial charge in [-0.25, -0.2) is 0 Å². The van der Waals surface area contributed by atoms with E-state index in [0.29, 0.717) is 6.42 Å². The van der Waals surface area contributed by atoms with Gasteiger partial charge in [-0.05, 0) is 23.5 Å². The van der Waals surface area contributed by atoms with Gasteiger partial charge in [0.25, 0.3) is 0 Å². The lowest BCUT2D eigenvalue weighted by molar-refractivity contribution is -0.149. The fraction of sp³-hybridized carbons (Fsp3) is 0.423. The highest BCUT2D eigenvalue weighted by molar-refractivity contribution is 5.90. The quantitative estimate of drug-likeness (QED) is 0.385. The molecule has 1 unspecified atom stereocenters. The number of carbonyl (C=O) groups is 3. The number of hydrogen-bond donors (Lipinski definition) is 3. The number of carbonyl (C=O) groups excluding carboxylic acids is 3. The average Bonchev–Trinajstić information content (AvgIpc) is 2.85. The number of nitrogens with one attached hydrogen (secondary N) is 1. The minimum absolute atomic E-state index is 0.0635. The van der Waals surface area contributed by atoms with E-state index in [1.165, 1.54) is 4.90 Å². The summed E-state index contributed by atoms with van der Waals surface area (Å²) in [5.74, 6) is -2.59. The predicted molar refractivity (Wildman–Crippen MR) is 127 cm³/mol. The lowest BCUT2D eigenvalue weighted by Gasteiger charge is -2.34. The zero-order valence-electron chi connectivity index (χ0n) is 19.7. The van der Waals surface area contributed by atoms with E-state index < -0.39 is 43.0 Å². The van der Waals surface area contributed by atoms with E-state index in [4.69, 9.17) is 4.74 Å². The van der Waals surface area contributed by atoms with Crippen molar-refractivity contribution in [1.29, 1.82) is 0 Å². The van der Waals surface area contributed by atoms with Crippen LogP contribution in [-0.2, 0) is 32.3 Å². The number of hydrogen-bond acceptors (Lipinski definition) is 6. The van der Waals surface area contributed by atoms with Gasteiger partial charge in [-0.2, -0.15) is 0 Å². The molecule has 2 amide bonds. The zero-order chi connectivity index (χ0) is 24.9. The molecule has 2 rings (SSSR count). The van der Waals surface area contributed by atoms with Crippen LogP contribution >= 0.6 is 0 Å². The summed E-state index contributed by atoms with van der Waals surface area (Å²) >= 11 is 0. The molecule has 0 aliphatic carbocycles. The number of benzene rings is 2. The lowest BCUT2D eigenvalue weighted by Crippen LogP contribution is -2.53.